The fraction of sp³-hybridized carbons (Fsp3) is 0.412. The molecule has 0 aliphatic carbocycles. The van der Waals surface area contributed by atoms with Crippen LogP contribution in [0.25, 0.3) is 0 Å². The molecule has 0 spiro atoms. The number of hydrogen-bond donors (Lipinski definition) is 0. The van der Waals surface area contributed by atoms with E-state index < -0.39 is 0 Å². The smallest absolute Gasteiger partial charge is 0.242 e. The maximum absolute atomic E-state index is 12.6. The molecule has 1 unspecified atom stereocenters. The minimum atomic E-state index is 0.0838. The zero-order valence-corrected chi connectivity index (χ0v) is 13.7. The van der Waals surface area contributed by atoms with Gasteiger partial charge in [0.15, 0.2) is 0 Å². The minimum absolute atomic E-state index is 0.0838. The lowest BCUT2D eigenvalue weighted by Crippen LogP contribution is -2.45. The van der Waals surface area contributed by atoms with Gasteiger partial charge in [-0.3, -0.25) is 9.48 Å². The molecule has 3 heterocycles. The number of carbonyl (C=O) groups excluding carboxylic acids is 1. The molecule has 1 atom stereocenters. The number of aromatic nitrogens is 3. The van der Waals surface area contributed by atoms with E-state index in [1.807, 2.05) is 35.0 Å². The molecule has 1 aliphatic heterocycles. The average molecular weight is 324 g/mol. The fourth-order valence-corrected chi connectivity index (χ4v) is 2.96. The van der Waals surface area contributed by atoms with Crippen molar-refractivity contribution in [1.29, 1.82) is 5.26 Å². The van der Waals surface area contributed by atoms with Crippen molar-refractivity contribution < 1.29 is 4.79 Å². The number of amides is 1. The minimum Gasteiger partial charge on any atom is -0.350 e. The van der Waals surface area contributed by atoms with Crippen LogP contribution in [-0.4, -0.2) is 52.3 Å². The number of pyridine rings is 1. The zero-order chi connectivity index (χ0) is 16.9. The Morgan fingerprint density at radius 1 is 1.50 bits per heavy atom. The van der Waals surface area contributed by atoms with Gasteiger partial charge in [-0.15, -0.1) is 0 Å². The van der Waals surface area contributed by atoms with Crippen molar-refractivity contribution in [1.82, 2.24) is 19.7 Å². The standard InChI is InChI=1S/C17H20N6O/c1-21(16-6-5-14(10-18)11-19-16)13-17(24)22-8-2-4-15(12-22)23-9-3-7-20-23/h3,5-7,9,11,15H,2,4,8,12-13H2,1H3. The SMILES string of the molecule is CN(CC(=O)N1CCCC(n2cccn2)C1)c1ccc(C#N)cn1. The van der Waals surface area contributed by atoms with Crippen LogP contribution in [0.2, 0.25) is 0 Å². The monoisotopic (exact) mass is 324 g/mol. The van der Waals surface area contributed by atoms with Crippen LogP contribution in [0.4, 0.5) is 5.82 Å². The van der Waals surface area contributed by atoms with Crippen molar-refractivity contribution in [2.45, 2.75) is 18.9 Å². The molecular formula is C17H20N6O. The summed E-state index contributed by atoms with van der Waals surface area (Å²) in [5, 5.41) is 13.1. The number of rotatable bonds is 4. The topological polar surface area (TPSA) is 78.0 Å². The molecular weight excluding hydrogens is 304 g/mol. The van der Waals surface area contributed by atoms with Crippen LogP contribution < -0.4 is 4.90 Å². The maximum atomic E-state index is 12.6. The summed E-state index contributed by atoms with van der Waals surface area (Å²) in [5.74, 6) is 0.767. The highest BCUT2D eigenvalue weighted by Crippen LogP contribution is 2.21. The first-order valence-electron chi connectivity index (χ1n) is 8.01. The number of likely N-dealkylation sites (N-methyl/N-ethyl adjacent to an activating group) is 1. The molecule has 2 aromatic heterocycles. The molecule has 124 valence electrons. The van der Waals surface area contributed by atoms with Crippen LogP contribution >= 0.6 is 0 Å². The second kappa shape index (κ2) is 7.13. The molecule has 0 N–H and O–H groups in total. The van der Waals surface area contributed by atoms with Crippen molar-refractivity contribution in [3.63, 3.8) is 0 Å². The summed E-state index contributed by atoms with van der Waals surface area (Å²) in [4.78, 5) is 20.5. The number of piperidine rings is 1. The molecule has 2 aromatic rings. The zero-order valence-electron chi connectivity index (χ0n) is 13.7. The van der Waals surface area contributed by atoms with E-state index in [2.05, 4.69) is 10.1 Å². The first-order chi connectivity index (χ1) is 11.7. The molecule has 1 saturated heterocycles. The molecule has 1 fully saturated rings. The summed E-state index contributed by atoms with van der Waals surface area (Å²) in [6.07, 6.45) is 7.26. The van der Waals surface area contributed by atoms with Gasteiger partial charge >= 0.3 is 0 Å². The van der Waals surface area contributed by atoms with Crippen molar-refractivity contribution in [2.75, 3.05) is 31.6 Å². The summed E-state index contributed by atoms with van der Waals surface area (Å²) >= 11 is 0. The van der Waals surface area contributed by atoms with Crippen molar-refractivity contribution in [2.24, 2.45) is 0 Å². The highest BCUT2D eigenvalue weighted by molar-refractivity contribution is 5.81. The predicted molar refractivity (Wildman–Crippen MR) is 89.3 cm³/mol. The molecule has 7 nitrogen and oxygen atoms in total. The van der Waals surface area contributed by atoms with E-state index >= 15 is 0 Å². The predicted octanol–water partition coefficient (Wildman–Crippen LogP) is 1.45. The third-order valence-corrected chi connectivity index (χ3v) is 4.29. The molecule has 0 bridgehead atoms. The fourth-order valence-electron chi connectivity index (χ4n) is 2.96. The molecule has 0 saturated carbocycles. The van der Waals surface area contributed by atoms with Crippen molar-refractivity contribution >= 4 is 11.7 Å². The Labute approximate surface area is 141 Å². The van der Waals surface area contributed by atoms with E-state index in [1.54, 1.807) is 23.2 Å². The van der Waals surface area contributed by atoms with Gasteiger partial charge in [-0.05, 0) is 31.0 Å². The summed E-state index contributed by atoms with van der Waals surface area (Å²) in [5.41, 5.74) is 0.511. The normalized spacial score (nSPS) is 17.3. The Kier molecular flexibility index (Phi) is 4.75. The first kappa shape index (κ1) is 16.0. The highest BCUT2D eigenvalue weighted by Gasteiger charge is 2.25. The van der Waals surface area contributed by atoms with Gasteiger partial charge in [0.2, 0.25) is 5.91 Å². The molecule has 3 rings (SSSR count). The van der Waals surface area contributed by atoms with Gasteiger partial charge in [0.25, 0.3) is 0 Å². The van der Waals surface area contributed by atoms with E-state index in [9.17, 15) is 4.79 Å². The summed E-state index contributed by atoms with van der Waals surface area (Å²) in [7, 11) is 1.83. The second-order valence-corrected chi connectivity index (χ2v) is 5.99. The first-order valence-corrected chi connectivity index (χ1v) is 8.01. The van der Waals surface area contributed by atoms with Crippen LogP contribution in [0.15, 0.2) is 36.8 Å². The molecule has 0 radical (unpaired) electrons. The van der Waals surface area contributed by atoms with E-state index in [0.29, 0.717) is 17.9 Å². The van der Waals surface area contributed by atoms with Gasteiger partial charge in [0.1, 0.15) is 11.9 Å². The summed E-state index contributed by atoms with van der Waals surface area (Å²) in [6.45, 7) is 1.74. The van der Waals surface area contributed by atoms with Crippen LogP contribution in [0, 0.1) is 11.3 Å². The average Bonchev–Trinajstić information content (AvgIpc) is 3.16. The number of nitriles is 1. The van der Waals surface area contributed by atoms with Crippen molar-refractivity contribution in [3.8, 4) is 6.07 Å². The van der Waals surface area contributed by atoms with Gasteiger partial charge in [0, 0.05) is 38.7 Å². The van der Waals surface area contributed by atoms with E-state index in [0.717, 1.165) is 19.4 Å². The van der Waals surface area contributed by atoms with E-state index in [1.165, 1.54) is 6.20 Å². The molecule has 24 heavy (non-hydrogen) atoms. The lowest BCUT2D eigenvalue weighted by Gasteiger charge is -2.34. The Bertz CT molecular complexity index is 719. The van der Waals surface area contributed by atoms with Crippen LogP contribution in [-0.2, 0) is 4.79 Å². The van der Waals surface area contributed by atoms with Gasteiger partial charge < -0.3 is 9.80 Å². The Morgan fingerprint density at radius 2 is 2.38 bits per heavy atom. The number of nitrogens with zero attached hydrogens (tertiary/aromatic N) is 6. The Balaban J connectivity index is 1.60. The highest BCUT2D eigenvalue weighted by atomic mass is 16.2. The van der Waals surface area contributed by atoms with Crippen LogP contribution in [0.3, 0.4) is 0 Å². The quantitative estimate of drug-likeness (QED) is 0.850. The summed E-state index contributed by atoms with van der Waals surface area (Å²) < 4.78 is 1.94. The van der Waals surface area contributed by atoms with E-state index in [-0.39, 0.29) is 18.5 Å². The number of anilines is 1. The van der Waals surface area contributed by atoms with Gasteiger partial charge in [-0.2, -0.15) is 10.4 Å². The lowest BCUT2D eigenvalue weighted by molar-refractivity contribution is -0.131. The van der Waals surface area contributed by atoms with Crippen LogP contribution in [0.5, 0.6) is 0 Å². The number of likely N-dealkylation sites (tertiary alicyclic amines) is 1. The number of hydrogen-bond acceptors (Lipinski definition) is 5. The lowest BCUT2D eigenvalue weighted by atomic mass is 10.1. The van der Waals surface area contributed by atoms with Gasteiger partial charge in [-0.25, -0.2) is 4.98 Å². The van der Waals surface area contributed by atoms with Gasteiger partial charge in [0.05, 0.1) is 18.2 Å². The third-order valence-electron chi connectivity index (χ3n) is 4.29. The largest absolute Gasteiger partial charge is 0.350 e. The molecule has 7 heteroatoms. The molecule has 0 aromatic carbocycles. The second-order valence-electron chi connectivity index (χ2n) is 5.99. The maximum Gasteiger partial charge on any atom is 0.242 e. The summed E-state index contributed by atoms with van der Waals surface area (Å²) in [6, 6.07) is 7.66. The molecule has 1 aliphatic rings. The number of carbonyl (C=O) groups is 1. The Hall–Kier alpha value is -2.88. The van der Waals surface area contributed by atoms with Gasteiger partial charge in [-0.1, -0.05) is 0 Å². The van der Waals surface area contributed by atoms with Crippen molar-refractivity contribution in [3.05, 3.63) is 42.4 Å². The van der Waals surface area contributed by atoms with Crippen LogP contribution in [0.1, 0.15) is 24.4 Å². The van der Waals surface area contributed by atoms with E-state index in [4.69, 9.17) is 5.26 Å². The molecule has 1 amide bonds. The third kappa shape index (κ3) is 3.54. The Morgan fingerprint density at radius 3 is 3.04 bits per heavy atom.